The number of non-ortho nitro benzene ring substituents is 1. The normalized spacial score (nSPS) is 12.5. The quantitative estimate of drug-likeness (QED) is 0.515. The summed E-state index contributed by atoms with van der Waals surface area (Å²) in [6.07, 6.45) is 0. The molecule has 1 atom stereocenters. The second kappa shape index (κ2) is 5.86. The molecule has 17 heavy (non-hydrogen) atoms. The Morgan fingerprint density at radius 2 is 2.12 bits per heavy atom. The first-order valence-corrected chi connectivity index (χ1v) is 6.16. The average molecular weight is 302 g/mol. The van der Waals surface area contributed by atoms with Crippen molar-refractivity contribution in [2.24, 2.45) is 5.92 Å². The monoisotopic (exact) mass is 301 g/mol. The van der Waals surface area contributed by atoms with Gasteiger partial charge in [-0.05, 0) is 5.92 Å². The van der Waals surface area contributed by atoms with Crippen LogP contribution in [0.4, 0.5) is 11.4 Å². The Balaban J connectivity index is 2.76. The van der Waals surface area contributed by atoms with E-state index < -0.39 is 4.92 Å². The Kier molecular flexibility index (Phi) is 4.74. The molecule has 0 saturated heterocycles. The molecule has 0 saturated carbocycles. The van der Waals surface area contributed by atoms with Crippen LogP contribution in [-0.2, 0) is 0 Å². The number of rotatable bonds is 5. The molecular formula is C11H14BrN2O3-. The van der Waals surface area contributed by atoms with Crippen LogP contribution in [0.3, 0.4) is 0 Å². The van der Waals surface area contributed by atoms with E-state index in [2.05, 4.69) is 21.2 Å². The van der Waals surface area contributed by atoms with Gasteiger partial charge in [0.05, 0.1) is 4.92 Å². The molecule has 1 aromatic rings. The van der Waals surface area contributed by atoms with E-state index in [4.69, 9.17) is 0 Å². The first kappa shape index (κ1) is 13.8. The van der Waals surface area contributed by atoms with E-state index in [1.807, 2.05) is 13.8 Å². The lowest BCUT2D eigenvalue weighted by molar-refractivity contribution is -0.385. The number of hydrogen-bond acceptors (Lipinski definition) is 4. The fourth-order valence-electron chi connectivity index (χ4n) is 1.21. The van der Waals surface area contributed by atoms with Crippen molar-refractivity contribution in [3.05, 3.63) is 28.3 Å². The predicted octanol–water partition coefficient (Wildman–Crippen LogP) is 2.50. The summed E-state index contributed by atoms with van der Waals surface area (Å²) in [5.41, 5.74) is 0.187. The second-order valence-corrected chi connectivity index (χ2v) is 5.25. The summed E-state index contributed by atoms with van der Waals surface area (Å²) in [6, 6.07) is 3.68. The fourth-order valence-corrected chi connectivity index (χ4v) is 1.37. The third kappa shape index (κ3) is 3.89. The second-order valence-electron chi connectivity index (χ2n) is 4.08. The highest BCUT2D eigenvalue weighted by atomic mass is 79.9. The Hall–Kier alpha value is -1.30. The summed E-state index contributed by atoms with van der Waals surface area (Å²) in [5.74, 6) is 0.176. The summed E-state index contributed by atoms with van der Waals surface area (Å²) >= 11 is 3.47. The van der Waals surface area contributed by atoms with E-state index in [1.165, 1.54) is 18.2 Å². The maximum absolute atomic E-state index is 11.5. The number of alkyl halides is 1. The van der Waals surface area contributed by atoms with Crippen LogP contribution in [0, 0.1) is 16.0 Å². The third-order valence-corrected chi connectivity index (χ3v) is 3.77. The fraction of sp³-hybridized carbons (Fsp3) is 0.455. The summed E-state index contributed by atoms with van der Waals surface area (Å²) < 4.78 is 0. The smallest absolute Gasteiger partial charge is 0.271 e. The maximum Gasteiger partial charge on any atom is 0.271 e. The van der Waals surface area contributed by atoms with Crippen molar-refractivity contribution < 1.29 is 10.0 Å². The van der Waals surface area contributed by atoms with Gasteiger partial charge < -0.3 is 10.4 Å². The maximum atomic E-state index is 11.5. The van der Waals surface area contributed by atoms with Gasteiger partial charge in [0.15, 0.2) is 0 Å². The van der Waals surface area contributed by atoms with Crippen molar-refractivity contribution in [3.63, 3.8) is 0 Å². The first-order valence-electron chi connectivity index (χ1n) is 5.25. The summed E-state index contributed by atoms with van der Waals surface area (Å²) in [7, 11) is 0. The number of benzene rings is 1. The van der Waals surface area contributed by atoms with Crippen LogP contribution < -0.4 is 10.4 Å². The van der Waals surface area contributed by atoms with Crippen LogP contribution in [0.25, 0.3) is 0 Å². The highest BCUT2D eigenvalue weighted by molar-refractivity contribution is 9.09. The van der Waals surface area contributed by atoms with E-state index in [-0.39, 0.29) is 22.0 Å². The van der Waals surface area contributed by atoms with E-state index >= 15 is 0 Å². The molecule has 0 amide bonds. The number of halogens is 1. The molecule has 0 spiro atoms. The van der Waals surface area contributed by atoms with Crippen LogP contribution in [0.2, 0.25) is 0 Å². The van der Waals surface area contributed by atoms with Crippen molar-refractivity contribution in [1.82, 2.24) is 0 Å². The third-order valence-electron chi connectivity index (χ3n) is 2.38. The molecular weight excluding hydrogens is 288 g/mol. The Morgan fingerprint density at radius 1 is 1.47 bits per heavy atom. The van der Waals surface area contributed by atoms with Crippen LogP contribution in [0.1, 0.15) is 13.8 Å². The molecule has 0 aliphatic carbocycles. The molecule has 1 rings (SSSR count). The minimum Gasteiger partial charge on any atom is -0.871 e. The number of nitrogens with zero attached hydrogens (tertiary/aromatic N) is 1. The van der Waals surface area contributed by atoms with Gasteiger partial charge in [-0.2, -0.15) is 0 Å². The van der Waals surface area contributed by atoms with Gasteiger partial charge in [-0.1, -0.05) is 41.6 Å². The van der Waals surface area contributed by atoms with E-state index in [1.54, 1.807) is 0 Å². The molecule has 94 valence electrons. The summed E-state index contributed by atoms with van der Waals surface area (Å²) in [5, 5.41) is 25.0. The summed E-state index contributed by atoms with van der Waals surface area (Å²) in [4.78, 5) is 10.3. The van der Waals surface area contributed by atoms with Gasteiger partial charge in [-0.15, -0.1) is 0 Å². The van der Waals surface area contributed by atoms with Crippen LogP contribution in [-0.4, -0.2) is 16.3 Å². The van der Waals surface area contributed by atoms with Crippen molar-refractivity contribution in [2.45, 2.75) is 18.7 Å². The molecule has 0 fully saturated rings. The van der Waals surface area contributed by atoms with E-state index in [0.717, 1.165) is 0 Å². The lowest BCUT2D eigenvalue weighted by Crippen LogP contribution is -2.19. The van der Waals surface area contributed by atoms with Crippen molar-refractivity contribution in [1.29, 1.82) is 0 Å². The van der Waals surface area contributed by atoms with E-state index in [0.29, 0.717) is 12.5 Å². The zero-order chi connectivity index (χ0) is 13.0. The number of nitro groups is 1. The first-order chi connectivity index (χ1) is 7.91. The Morgan fingerprint density at radius 3 is 2.65 bits per heavy atom. The molecule has 0 aromatic heterocycles. The average Bonchev–Trinajstić information content (AvgIpc) is 2.26. The lowest BCUT2D eigenvalue weighted by atomic mass is 10.1. The molecule has 1 N–H and O–H groups in total. The minimum absolute atomic E-state index is 0.0808. The van der Waals surface area contributed by atoms with Crippen molar-refractivity contribution in [3.8, 4) is 5.75 Å². The highest BCUT2D eigenvalue weighted by Crippen LogP contribution is 2.26. The largest absolute Gasteiger partial charge is 0.871 e. The molecule has 1 aromatic carbocycles. The summed E-state index contributed by atoms with van der Waals surface area (Å²) in [6.45, 7) is 4.65. The van der Waals surface area contributed by atoms with Gasteiger partial charge in [0.2, 0.25) is 0 Å². The number of nitrogens with one attached hydrogen (secondary N) is 1. The predicted molar refractivity (Wildman–Crippen MR) is 68.6 cm³/mol. The molecule has 0 aliphatic heterocycles. The molecule has 5 nitrogen and oxygen atoms in total. The molecule has 6 heteroatoms. The zero-order valence-electron chi connectivity index (χ0n) is 9.64. The van der Waals surface area contributed by atoms with Crippen molar-refractivity contribution in [2.75, 3.05) is 11.9 Å². The van der Waals surface area contributed by atoms with Crippen molar-refractivity contribution >= 4 is 27.3 Å². The van der Waals surface area contributed by atoms with Gasteiger partial charge in [0.1, 0.15) is 0 Å². The number of nitro benzene ring substituents is 1. The SMILES string of the molecule is CC(C)C(Br)CNc1cc([N+](=O)[O-])ccc1[O-]. The minimum atomic E-state index is -0.515. The molecule has 0 aliphatic rings. The number of hydrogen-bond donors (Lipinski definition) is 1. The van der Waals surface area contributed by atoms with Gasteiger partial charge in [0.25, 0.3) is 5.69 Å². The highest BCUT2D eigenvalue weighted by Gasteiger charge is 2.10. The van der Waals surface area contributed by atoms with Gasteiger partial charge in [-0.3, -0.25) is 10.1 Å². The van der Waals surface area contributed by atoms with Crippen LogP contribution in [0.5, 0.6) is 5.75 Å². The Labute approximate surface area is 108 Å². The molecule has 0 bridgehead atoms. The zero-order valence-corrected chi connectivity index (χ0v) is 11.2. The Bertz CT molecular complexity index is 410. The topological polar surface area (TPSA) is 78.2 Å². The lowest BCUT2D eigenvalue weighted by Gasteiger charge is -2.19. The van der Waals surface area contributed by atoms with Crippen LogP contribution in [0.15, 0.2) is 18.2 Å². The molecule has 0 radical (unpaired) electrons. The van der Waals surface area contributed by atoms with Gasteiger partial charge in [0, 0.05) is 29.2 Å². The molecule has 0 heterocycles. The standard InChI is InChI=1S/C11H15BrN2O3/c1-7(2)9(12)6-13-10-5-8(14(16)17)3-4-11(10)15/h3-5,7,9,13,15H,6H2,1-2H3/p-1. The van der Waals surface area contributed by atoms with Gasteiger partial charge in [-0.25, -0.2) is 0 Å². The number of anilines is 1. The molecule has 1 unspecified atom stereocenters. The van der Waals surface area contributed by atoms with E-state index in [9.17, 15) is 15.2 Å². The van der Waals surface area contributed by atoms with Gasteiger partial charge >= 0.3 is 0 Å². The van der Waals surface area contributed by atoms with Crippen LogP contribution >= 0.6 is 15.9 Å².